The molecule has 0 aliphatic rings. The Hall–Kier alpha value is -3.19. The van der Waals surface area contributed by atoms with Crippen molar-refractivity contribution in [2.45, 2.75) is 40.7 Å². The molecule has 0 aliphatic carbocycles. The van der Waals surface area contributed by atoms with Gasteiger partial charge in [-0.15, -0.1) is 0 Å². The molecular weight excluding hydrogens is 429 g/mol. The van der Waals surface area contributed by atoms with E-state index < -0.39 is 11.7 Å². The van der Waals surface area contributed by atoms with Crippen molar-refractivity contribution in [3.63, 3.8) is 0 Å². The summed E-state index contributed by atoms with van der Waals surface area (Å²) in [7, 11) is 0. The average Bonchev–Trinajstić information content (AvgIpc) is 3.03. The molecule has 3 aromatic rings. The molecule has 0 spiro atoms. The Bertz CT molecular complexity index is 1160. The maximum absolute atomic E-state index is 13.6. The van der Waals surface area contributed by atoms with Gasteiger partial charge in [0.2, 0.25) is 5.96 Å². The summed E-state index contributed by atoms with van der Waals surface area (Å²) in [6.07, 6.45) is 0.679. The van der Waals surface area contributed by atoms with Crippen LogP contribution in [-0.2, 0) is 13.0 Å². The lowest BCUT2D eigenvalue weighted by Crippen LogP contribution is -2.36. The third-order valence-electron chi connectivity index (χ3n) is 5.22. The fraction of sp³-hybridized carbons (Fsp3) is 0.292. The van der Waals surface area contributed by atoms with Gasteiger partial charge in [-0.05, 0) is 81.6 Å². The molecule has 0 saturated heterocycles. The van der Waals surface area contributed by atoms with Crippen molar-refractivity contribution in [2.24, 2.45) is 4.99 Å². The fourth-order valence-corrected chi connectivity index (χ4v) is 3.72. The summed E-state index contributed by atoms with van der Waals surface area (Å²) in [5.41, 5.74) is 5.12. The monoisotopic (exact) mass is 455 g/mol. The number of hydrogen-bond donors (Lipinski definition) is 2. The van der Waals surface area contributed by atoms with Crippen LogP contribution in [0.25, 0.3) is 0 Å². The van der Waals surface area contributed by atoms with Crippen LogP contribution in [0.2, 0.25) is 5.02 Å². The summed E-state index contributed by atoms with van der Waals surface area (Å²) >= 11 is 6.06. The molecule has 1 heterocycles. The average molecular weight is 456 g/mol. The normalized spacial score (nSPS) is 11.5. The molecule has 0 atom stereocenters. The van der Waals surface area contributed by atoms with E-state index in [1.54, 1.807) is 12.1 Å². The smallest absolute Gasteiger partial charge is 0.258 e. The van der Waals surface area contributed by atoms with E-state index in [-0.39, 0.29) is 11.5 Å². The largest absolute Gasteiger partial charge is 0.326 e. The van der Waals surface area contributed by atoms with Crippen molar-refractivity contribution >= 4 is 29.2 Å². The van der Waals surface area contributed by atoms with Crippen LogP contribution in [0.15, 0.2) is 47.5 Å². The van der Waals surface area contributed by atoms with E-state index in [2.05, 4.69) is 27.6 Å². The first-order valence-corrected chi connectivity index (χ1v) is 10.8. The van der Waals surface area contributed by atoms with Crippen LogP contribution < -0.4 is 10.6 Å². The highest BCUT2D eigenvalue weighted by atomic mass is 35.5. The van der Waals surface area contributed by atoms with Crippen LogP contribution in [0.1, 0.15) is 39.8 Å². The number of aryl methyl sites for hydroxylation is 3. The zero-order valence-corrected chi connectivity index (χ0v) is 19.4. The predicted molar refractivity (Wildman–Crippen MR) is 127 cm³/mol. The number of carbonyl (C=O) groups is 1. The third kappa shape index (κ3) is 5.73. The van der Waals surface area contributed by atoms with E-state index in [0.717, 1.165) is 34.7 Å². The minimum absolute atomic E-state index is 0.211. The third-order valence-corrected chi connectivity index (χ3v) is 5.46. The van der Waals surface area contributed by atoms with Gasteiger partial charge in [-0.1, -0.05) is 17.7 Å². The Labute approximate surface area is 192 Å². The van der Waals surface area contributed by atoms with Crippen LogP contribution in [0.3, 0.4) is 0 Å². The highest BCUT2D eigenvalue weighted by Crippen LogP contribution is 2.20. The highest BCUT2D eigenvalue weighted by Gasteiger charge is 2.13. The number of hydrogen-bond acceptors (Lipinski definition) is 3. The first kappa shape index (κ1) is 23.5. The van der Waals surface area contributed by atoms with Crippen molar-refractivity contribution in [2.75, 3.05) is 11.9 Å². The van der Waals surface area contributed by atoms with Gasteiger partial charge in [0.25, 0.3) is 5.91 Å². The molecule has 1 aromatic heterocycles. The molecule has 0 aliphatic heterocycles. The van der Waals surface area contributed by atoms with Gasteiger partial charge in [0, 0.05) is 35.1 Å². The second-order valence-corrected chi connectivity index (χ2v) is 7.93. The van der Waals surface area contributed by atoms with E-state index in [9.17, 15) is 9.18 Å². The predicted octanol–water partition coefficient (Wildman–Crippen LogP) is 5.06. The Morgan fingerprint density at radius 3 is 2.62 bits per heavy atom. The minimum Gasteiger partial charge on any atom is -0.326 e. The lowest BCUT2D eigenvalue weighted by atomic mass is 10.1. The van der Waals surface area contributed by atoms with E-state index in [0.29, 0.717) is 18.0 Å². The number of anilines is 1. The molecule has 3 rings (SSSR count). The molecule has 168 valence electrons. The molecule has 2 aromatic carbocycles. The van der Waals surface area contributed by atoms with Gasteiger partial charge >= 0.3 is 0 Å². The van der Waals surface area contributed by atoms with Crippen molar-refractivity contribution in [1.29, 1.82) is 0 Å². The molecular formula is C24H27ClFN5O. The number of carbonyl (C=O) groups excluding carboxylic acids is 1. The lowest BCUT2D eigenvalue weighted by molar-refractivity contribution is 0.0976. The van der Waals surface area contributed by atoms with Crippen LogP contribution in [0.5, 0.6) is 0 Å². The van der Waals surface area contributed by atoms with Crippen molar-refractivity contribution in [3.8, 4) is 0 Å². The molecule has 6 nitrogen and oxygen atoms in total. The first-order valence-electron chi connectivity index (χ1n) is 10.5. The number of guanidine groups is 1. The fourth-order valence-electron chi connectivity index (χ4n) is 3.50. The van der Waals surface area contributed by atoms with Crippen LogP contribution in [0.4, 0.5) is 10.1 Å². The van der Waals surface area contributed by atoms with Crippen LogP contribution in [0, 0.1) is 26.6 Å². The molecule has 8 heteroatoms. The molecule has 0 fully saturated rings. The molecule has 0 saturated carbocycles. The Morgan fingerprint density at radius 1 is 1.19 bits per heavy atom. The number of nitrogens with zero attached hydrogens (tertiary/aromatic N) is 3. The summed E-state index contributed by atoms with van der Waals surface area (Å²) in [6, 6.07) is 10.9. The summed E-state index contributed by atoms with van der Waals surface area (Å²) in [5.74, 6) is -0.645. The molecule has 2 N–H and O–H groups in total. The SMILES string of the molecule is CCn1nc(C)c(CCN=C(NC(=O)c2cccc(F)c2)Nc2ccc(Cl)cc2C)c1C. The molecule has 0 unspecified atom stereocenters. The standard InChI is InChI=1S/C24H27ClFN5O/c1-5-31-17(4)21(16(3)30-31)11-12-27-24(28-22-10-9-19(25)13-15(22)2)29-23(32)18-7-6-8-20(26)14-18/h6-10,13-14H,5,11-12H2,1-4H3,(H2,27,28,29,32). The number of amides is 1. The van der Waals surface area contributed by atoms with Crippen molar-refractivity contribution in [3.05, 3.63) is 81.4 Å². The zero-order chi connectivity index (χ0) is 23.3. The Morgan fingerprint density at radius 2 is 1.97 bits per heavy atom. The number of nitrogens with one attached hydrogen (secondary N) is 2. The first-order chi connectivity index (χ1) is 15.3. The van der Waals surface area contributed by atoms with Gasteiger partial charge in [0.1, 0.15) is 5.82 Å². The minimum atomic E-state index is -0.475. The van der Waals surface area contributed by atoms with Crippen LogP contribution in [-0.4, -0.2) is 28.2 Å². The lowest BCUT2D eigenvalue weighted by Gasteiger charge is -2.14. The maximum Gasteiger partial charge on any atom is 0.258 e. The van der Waals surface area contributed by atoms with Gasteiger partial charge in [-0.3, -0.25) is 19.8 Å². The van der Waals surface area contributed by atoms with Gasteiger partial charge in [0.05, 0.1) is 5.69 Å². The highest BCUT2D eigenvalue weighted by molar-refractivity contribution is 6.30. The summed E-state index contributed by atoms with van der Waals surface area (Å²) in [4.78, 5) is 17.3. The number of benzene rings is 2. The maximum atomic E-state index is 13.6. The van der Waals surface area contributed by atoms with Crippen LogP contribution >= 0.6 is 11.6 Å². The summed E-state index contributed by atoms with van der Waals surface area (Å²) in [6.45, 7) is 9.24. The summed E-state index contributed by atoms with van der Waals surface area (Å²) < 4.78 is 15.5. The van der Waals surface area contributed by atoms with E-state index >= 15 is 0 Å². The number of halogens is 2. The zero-order valence-electron chi connectivity index (χ0n) is 18.7. The van der Waals surface area contributed by atoms with Gasteiger partial charge in [-0.25, -0.2) is 4.39 Å². The number of aromatic nitrogens is 2. The number of rotatable bonds is 6. The molecule has 0 bridgehead atoms. The second-order valence-electron chi connectivity index (χ2n) is 7.49. The van der Waals surface area contributed by atoms with Crippen molar-refractivity contribution in [1.82, 2.24) is 15.1 Å². The molecule has 1 amide bonds. The topological polar surface area (TPSA) is 71.3 Å². The Kier molecular flexibility index (Phi) is 7.64. The second kappa shape index (κ2) is 10.4. The van der Waals surface area contributed by atoms with E-state index in [4.69, 9.17) is 11.6 Å². The van der Waals surface area contributed by atoms with Gasteiger partial charge < -0.3 is 5.32 Å². The van der Waals surface area contributed by atoms with Gasteiger partial charge in [-0.2, -0.15) is 5.10 Å². The number of aliphatic imine (C=N–C) groups is 1. The van der Waals surface area contributed by atoms with E-state index in [1.165, 1.54) is 18.2 Å². The molecule has 0 radical (unpaired) electrons. The molecule has 32 heavy (non-hydrogen) atoms. The van der Waals surface area contributed by atoms with E-state index in [1.807, 2.05) is 37.6 Å². The summed E-state index contributed by atoms with van der Waals surface area (Å²) in [5, 5.41) is 11.1. The van der Waals surface area contributed by atoms with Crippen molar-refractivity contribution < 1.29 is 9.18 Å². The quantitative estimate of drug-likeness (QED) is 0.403. The van der Waals surface area contributed by atoms with Gasteiger partial charge in [0.15, 0.2) is 0 Å². The Balaban J connectivity index is 1.82.